The van der Waals surface area contributed by atoms with Crippen molar-refractivity contribution in [3.05, 3.63) is 59.7 Å². The Balaban J connectivity index is 0.00000338. The summed E-state index contributed by atoms with van der Waals surface area (Å²) >= 11 is 0. The van der Waals surface area contributed by atoms with Gasteiger partial charge in [-0.25, -0.2) is 5.48 Å². The molecular formula is C20H27N3O3. The summed E-state index contributed by atoms with van der Waals surface area (Å²) in [5.74, 6) is -1.18. The van der Waals surface area contributed by atoms with Crippen molar-refractivity contribution in [2.45, 2.75) is 33.2 Å². The van der Waals surface area contributed by atoms with Crippen LogP contribution in [-0.4, -0.2) is 29.6 Å². The van der Waals surface area contributed by atoms with Crippen molar-refractivity contribution in [1.29, 1.82) is 0 Å². The van der Waals surface area contributed by atoms with Crippen molar-refractivity contribution < 1.29 is 14.8 Å². The van der Waals surface area contributed by atoms with E-state index in [-0.39, 0.29) is 14.0 Å². The highest BCUT2D eigenvalue weighted by Gasteiger charge is 2.19. The summed E-state index contributed by atoms with van der Waals surface area (Å²) in [7, 11) is 0. The molecule has 5 N–H and O–H groups in total. The number of amides is 2. The molecule has 0 fully saturated rings. The molecule has 0 heterocycles. The first-order valence-electron chi connectivity index (χ1n) is 8.23. The monoisotopic (exact) mass is 357 g/mol. The SMILES string of the molecule is C.CCCc1ccc(-c2ccc(C(=O)N[C@@H](CN)C(=O)NO)cc2)cc1. The highest BCUT2D eigenvalue weighted by Crippen LogP contribution is 2.21. The zero-order valence-electron chi connectivity index (χ0n) is 14.2. The third kappa shape index (κ3) is 5.40. The fraction of sp³-hybridized carbons (Fsp3) is 0.300. The van der Waals surface area contributed by atoms with Gasteiger partial charge in [-0.15, -0.1) is 0 Å². The molecule has 1 atom stereocenters. The molecule has 140 valence electrons. The van der Waals surface area contributed by atoms with Crippen LogP contribution in [0.25, 0.3) is 11.1 Å². The Labute approximate surface area is 154 Å². The molecule has 6 heteroatoms. The van der Waals surface area contributed by atoms with Crippen LogP contribution in [0.1, 0.15) is 36.7 Å². The fourth-order valence-corrected chi connectivity index (χ4v) is 2.52. The van der Waals surface area contributed by atoms with Gasteiger partial charge in [0.1, 0.15) is 6.04 Å². The van der Waals surface area contributed by atoms with Gasteiger partial charge >= 0.3 is 0 Å². The maximum Gasteiger partial charge on any atom is 0.267 e. The van der Waals surface area contributed by atoms with Crippen molar-refractivity contribution in [2.24, 2.45) is 5.73 Å². The van der Waals surface area contributed by atoms with Gasteiger partial charge in [0.25, 0.3) is 11.8 Å². The van der Waals surface area contributed by atoms with E-state index < -0.39 is 17.9 Å². The van der Waals surface area contributed by atoms with Gasteiger partial charge in [0.05, 0.1) is 0 Å². The molecule has 0 aromatic heterocycles. The third-order valence-electron chi connectivity index (χ3n) is 3.94. The van der Waals surface area contributed by atoms with Crippen LogP contribution in [0.15, 0.2) is 48.5 Å². The first-order chi connectivity index (χ1) is 12.1. The van der Waals surface area contributed by atoms with Gasteiger partial charge in [-0.2, -0.15) is 0 Å². The van der Waals surface area contributed by atoms with Crippen molar-refractivity contribution in [3.8, 4) is 11.1 Å². The minimum absolute atomic E-state index is 0. The second kappa shape index (κ2) is 10.3. The highest BCUT2D eigenvalue weighted by molar-refractivity contribution is 5.97. The molecule has 0 aliphatic heterocycles. The summed E-state index contributed by atoms with van der Waals surface area (Å²) in [4.78, 5) is 23.5. The fourth-order valence-electron chi connectivity index (χ4n) is 2.52. The molecule has 0 bridgehead atoms. The molecule has 2 aromatic rings. The summed E-state index contributed by atoms with van der Waals surface area (Å²) in [6.45, 7) is 2.04. The van der Waals surface area contributed by atoms with Crippen LogP contribution < -0.4 is 16.5 Å². The number of hydrogen-bond donors (Lipinski definition) is 4. The Morgan fingerprint density at radius 2 is 1.58 bits per heavy atom. The summed E-state index contributed by atoms with van der Waals surface area (Å²) < 4.78 is 0. The lowest BCUT2D eigenvalue weighted by molar-refractivity contribution is -0.130. The number of nitrogens with one attached hydrogen (secondary N) is 2. The maximum atomic E-state index is 12.2. The molecule has 0 saturated heterocycles. The van der Waals surface area contributed by atoms with Gasteiger partial charge < -0.3 is 11.1 Å². The van der Waals surface area contributed by atoms with E-state index in [0.29, 0.717) is 5.56 Å². The van der Waals surface area contributed by atoms with Crippen LogP contribution in [-0.2, 0) is 11.2 Å². The number of carbonyl (C=O) groups excluding carboxylic acids is 2. The molecule has 6 nitrogen and oxygen atoms in total. The zero-order chi connectivity index (χ0) is 18.2. The van der Waals surface area contributed by atoms with E-state index in [1.165, 1.54) is 11.0 Å². The van der Waals surface area contributed by atoms with Crippen LogP contribution in [0, 0.1) is 0 Å². The number of carbonyl (C=O) groups is 2. The molecule has 0 spiro atoms. The number of hydroxylamine groups is 1. The minimum Gasteiger partial charge on any atom is -0.339 e. The average molecular weight is 357 g/mol. The Bertz CT molecular complexity index is 712. The molecule has 0 aliphatic rings. The van der Waals surface area contributed by atoms with E-state index in [2.05, 4.69) is 36.5 Å². The predicted octanol–water partition coefficient (Wildman–Crippen LogP) is 2.50. The van der Waals surface area contributed by atoms with Crippen molar-refractivity contribution in [1.82, 2.24) is 10.8 Å². The number of benzene rings is 2. The van der Waals surface area contributed by atoms with Crippen molar-refractivity contribution in [2.75, 3.05) is 6.54 Å². The average Bonchev–Trinajstić information content (AvgIpc) is 2.66. The number of rotatable bonds is 7. The quantitative estimate of drug-likeness (QED) is 0.451. The maximum absolute atomic E-state index is 12.2. The predicted molar refractivity (Wildman–Crippen MR) is 103 cm³/mol. The summed E-state index contributed by atoms with van der Waals surface area (Å²) in [5, 5.41) is 11.1. The third-order valence-corrected chi connectivity index (χ3v) is 3.94. The van der Waals surface area contributed by atoms with Gasteiger partial charge in [-0.3, -0.25) is 14.8 Å². The largest absolute Gasteiger partial charge is 0.339 e. The first kappa shape index (κ1) is 21.3. The van der Waals surface area contributed by atoms with E-state index in [4.69, 9.17) is 10.9 Å². The van der Waals surface area contributed by atoms with Gasteiger partial charge in [0.15, 0.2) is 0 Å². The smallest absolute Gasteiger partial charge is 0.267 e. The molecular weight excluding hydrogens is 330 g/mol. The van der Waals surface area contributed by atoms with E-state index >= 15 is 0 Å². The second-order valence-corrected chi connectivity index (χ2v) is 5.76. The molecule has 0 saturated carbocycles. The van der Waals surface area contributed by atoms with Crippen LogP contribution in [0.5, 0.6) is 0 Å². The van der Waals surface area contributed by atoms with E-state index in [1.54, 1.807) is 12.1 Å². The standard InChI is InChI=1S/C19H23N3O3.CH4/c1-2-3-13-4-6-14(7-5-13)15-8-10-16(11-9-15)18(23)21-17(12-20)19(24)22-25;/h4-11,17,25H,2-3,12,20H2,1H3,(H,21,23)(H,22,24);1H4/t17-;/m0./s1. The van der Waals surface area contributed by atoms with Gasteiger partial charge in [-0.1, -0.05) is 57.2 Å². The zero-order valence-corrected chi connectivity index (χ0v) is 14.2. The van der Waals surface area contributed by atoms with Gasteiger partial charge in [0.2, 0.25) is 0 Å². The van der Waals surface area contributed by atoms with Gasteiger partial charge in [-0.05, 0) is 35.2 Å². The Morgan fingerprint density at radius 3 is 2.04 bits per heavy atom. The van der Waals surface area contributed by atoms with E-state index in [1.807, 2.05) is 12.1 Å². The van der Waals surface area contributed by atoms with Crippen molar-refractivity contribution in [3.63, 3.8) is 0 Å². The van der Waals surface area contributed by atoms with E-state index in [0.717, 1.165) is 24.0 Å². The van der Waals surface area contributed by atoms with Crippen molar-refractivity contribution >= 4 is 11.8 Å². The number of aryl methyl sites for hydroxylation is 1. The normalized spacial score (nSPS) is 11.2. The number of hydrogen-bond acceptors (Lipinski definition) is 4. The highest BCUT2D eigenvalue weighted by atomic mass is 16.5. The lowest BCUT2D eigenvalue weighted by atomic mass is 10.0. The van der Waals surface area contributed by atoms with E-state index in [9.17, 15) is 9.59 Å². The minimum atomic E-state index is -0.983. The molecule has 2 amide bonds. The second-order valence-electron chi connectivity index (χ2n) is 5.76. The Hall–Kier alpha value is -2.70. The molecule has 26 heavy (non-hydrogen) atoms. The molecule has 0 aliphatic carbocycles. The van der Waals surface area contributed by atoms with Crippen LogP contribution >= 0.6 is 0 Å². The Morgan fingerprint density at radius 1 is 1.04 bits per heavy atom. The lowest BCUT2D eigenvalue weighted by Crippen LogP contribution is -2.50. The first-order valence-corrected chi connectivity index (χ1v) is 8.23. The van der Waals surface area contributed by atoms with Crippen LogP contribution in [0.2, 0.25) is 0 Å². The summed E-state index contributed by atoms with van der Waals surface area (Å²) in [6, 6.07) is 14.5. The molecule has 0 unspecified atom stereocenters. The van der Waals surface area contributed by atoms with Crippen LogP contribution in [0.4, 0.5) is 0 Å². The molecule has 2 rings (SSSR count). The topological polar surface area (TPSA) is 104 Å². The summed E-state index contributed by atoms with van der Waals surface area (Å²) in [6.07, 6.45) is 2.17. The number of nitrogens with two attached hydrogens (primary N) is 1. The van der Waals surface area contributed by atoms with Crippen LogP contribution in [0.3, 0.4) is 0 Å². The lowest BCUT2D eigenvalue weighted by Gasteiger charge is -2.14. The Kier molecular flexibility index (Phi) is 8.48. The summed E-state index contributed by atoms with van der Waals surface area (Å²) in [5.41, 5.74) is 10.7. The molecule has 2 aromatic carbocycles. The molecule has 0 radical (unpaired) electrons. The van der Waals surface area contributed by atoms with Gasteiger partial charge in [0, 0.05) is 12.1 Å².